The van der Waals surface area contributed by atoms with Crippen molar-refractivity contribution in [2.45, 2.75) is 18.7 Å². The average molecular weight is 286 g/mol. The summed E-state index contributed by atoms with van der Waals surface area (Å²) in [6, 6.07) is 12.6. The van der Waals surface area contributed by atoms with Gasteiger partial charge in [-0.05, 0) is 42.5 Å². The summed E-state index contributed by atoms with van der Waals surface area (Å²) in [6.07, 6.45) is 0. The minimum absolute atomic E-state index is 0.326. The van der Waals surface area contributed by atoms with Gasteiger partial charge >= 0.3 is 0 Å². The van der Waals surface area contributed by atoms with Gasteiger partial charge in [0.05, 0.1) is 16.9 Å². The Morgan fingerprint density at radius 2 is 2.05 bits per heavy atom. The molecule has 0 aliphatic rings. The molecule has 0 radical (unpaired) electrons. The third kappa shape index (κ3) is 3.12. The summed E-state index contributed by atoms with van der Waals surface area (Å²) >= 11 is 1.60. The van der Waals surface area contributed by atoms with Gasteiger partial charge < -0.3 is 5.32 Å². The first-order valence-corrected chi connectivity index (χ1v) is 7.33. The van der Waals surface area contributed by atoms with E-state index in [1.807, 2.05) is 26.0 Å². The maximum atomic E-state index is 13.8. The second kappa shape index (κ2) is 6.44. The summed E-state index contributed by atoms with van der Waals surface area (Å²) in [5.41, 5.74) is 2.54. The number of halogens is 1. The lowest BCUT2D eigenvalue weighted by Crippen LogP contribution is -1.98. The molecule has 0 bridgehead atoms. The van der Waals surface area contributed by atoms with Crippen LogP contribution in [0.1, 0.15) is 18.1 Å². The number of thioether (sulfide) groups is 1. The lowest BCUT2D eigenvalue weighted by Gasteiger charge is -2.12. The predicted octanol–water partition coefficient (Wildman–Crippen LogP) is 4.86. The summed E-state index contributed by atoms with van der Waals surface area (Å²) in [6.45, 7) is 3.94. The van der Waals surface area contributed by atoms with Gasteiger partial charge in [-0.15, -0.1) is 11.8 Å². The van der Waals surface area contributed by atoms with Crippen LogP contribution in [0.2, 0.25) is 0 Å². The summed E-state index contributed by atoms with van der Waals surface area (Å²) < 4.78 is 13.8. The van der Waals surface area contributed by atoms with Crippen LogP contribution in [-0.4, -0.2) is 5.75 Å². The number of benzene rings is 2. The van der Waals surface area contributed by atoms with Gasteiger partial charge in [0.2, 0.25) is 0 Å². The largest absolute Gasteiger partial charge is 0.352 e. The number of nitrogens with one attached hydrogen (secondary N) is 1. The normalized spacial score (nSPS) is 10.1. The number of hydrogen-bond donors (Lipinski definition) is 1. The second-order valence-corrected chi connectivity index (χ2v) is 5.64. The Morgan fingerprint density at radius 3 is 2.75 bits per heavy atom. The highest BCUT2D eigenvalue weighted by Crippen LogP contribution is 2.30. The van der Waals surface area contributed by atoms with Crippen molar-refractivity contribution < 1.29 is 4.39 Å². The van der Waals surface area contributed by atoms with Crippen LogP contribution in [0.25, 0.3) is 0 Å². The molecule has 0 saturated carbocycles. The Kier molecular flexibility index (Phi) is 4.65. The third-order valence-electron chi connectivity index (χ3n) is 2.83. The molecule has 0 amide bonds. The first-order valence-electron chi connectivity index (χ1n) is 6.34. The molecule has 0 aliphatic carbocycles. The Morgan fingerprint density at radius 1 is 1.25 bits per heavy atom. The van der Waals surface area contributed by atoms with Crippen molar-refractivity contribution in [3.63, 3.8) is 0 Å². The van der Waals surface area contributed by atoms with E-state index in [0.29, 0.717) is 16.9 Å². The Labute approximate surface area is 122 Å². The maximum Gasteiger partial charge on any atom is 0.146 e. The molecule has 0 atom stereocenters. The van der Waals surface area contributed by atoms with Crippen LogP contribution in [0, 0.1) is 24.1 Å². The van der Waals surface area contributed by atoms with Gasteiger partial charge in [-0.2, -0.15) is 5.26 Å². The van der Waals surface area contributed by atoms with Gasteiger partial charge in [0.25, 0.3) is 0 Å². The van der Waals surface area contributed by atoms with Crippen molar-refractivity contribution in [2.24, 2.45) is 0 Å². The highest BCUT2D eigenvalue weighted by molar-refractivity contribution is 7.99. The number of hydrogen-bond acceptors (Lipinski definition) is 3. The molecule has 20 heavy (non-hydrogen) atoms. The van der Waals surface area contributed by atoms with Crippen LogP contribution in [0.3, 0.4) is 0 Å². The zero-order valence-corrected chi connectivity index (χ0v) is 12.2. The maximum absolute atomic E-state index is 13.8. The van der Waals surface area contributed by atoms with E-state index in [1.165, 1.54) is 6.07 Å². The van der Waals surface area contributed by atoms with Crippen LogP contribution in [0.15, 0.2) is 41.3 Å². The van der Waals surface area contributed by atoms with Gasteiger partial charge in [0.15, 0.2) is 0 Å². The molecule has 0 spiro atoms. The van der Waals surface area contributed by atoms with Gasteiger partial charge in [0.1, 0.15) is 11.9 Å². The molecular formula is C16H15FN2S. The molecule has 1 N–H and O–H groups in total. The monoisotopic (exact) mass is 286 g/mol. The zero-order valence-electron chi connectivity index (χ0n) is 11.4. The molecule has 0 aliphatic heterocycles. The average Bonchev–Trinajstić information content (AvgIpc) is 2.43. The second-order valence-electron chi connectivity index (χ2n) is 4.33. The number of nitrogens with zero attached hydrogens (tertiary/aromatic N) is 1. The molecule has 2 rings (SSSR count). The SMILES string of the molecule is CCSc1cccc(Nc2cc(C)ccc2F)c1C#N. The van der Waals surface area contributed by atoms with Gasteiger partial charge in [-0.25, -0.2) is 4.39 Å². The highest BCUT2D eigenvalue weighted by Gasteiger charge is 2.10. The minimum atomic E-state index is -0.326. The van der Waals surface area contributed by atoms with E-state index in [0.717, 1.165) is 16.2 Å². The van der Waals surface area contributed by atoms with Crippen LogP contribution in [-0.2, 0) is 0 Å². The van der Waals surface area contributed by atoms with Gasteiger partial charge in [-0.1, -0.05) is 19.1 Å². The van der Waals surface area contributed by atoms with Crippen molar-refractivity contribution in [3.8, 4) is 6.07 Å². The van der Waals surface area contributed by atoms with Crippen LogP contribution < -0.4 is 5.32 Å². The fourth-order valence-corrected chi connectivity index (χ4v) is 2.69. The zero-order chi connectivity index (χ0) is 14.5. The lowest BCUT2D eigenvalue weighted by molar-refractivity contribution is 0.631. The molecule has 0 heterocycles. The molecule has 0 unspecified atom stereocenters. The molecule has 4 heteroatoms. The fourth-order valence-electron chi connectivity index (χ4n) is 1.91. The van der Waals surface area contributed by atoms with E-state index in [4.69, 9.17) is 0 Å². The van der Waals surface area contributed by atoms with Crippen molar-refractivity contribution in [3.05, 3.63) is 53.3 Å². The Balaban J connectivity index is 2.41. The molecule has 2 aromatic carbocycles. The van der Waals surface area contributed by atoms with Crippen molar-refractivity contribution in [2.75, 3.05) is 11.1 Å². The quantitative estimate of drug-likeness (QED) is 0.815. The standard InChI is InChI=1S/C16H15FN2S/c1-3-20-16-6-4-5-14(12(16)10-18)19-15-9-11(2)7-8-13(15)17/h4-9,19H,3H2,1-2H3. The molecule has 0 fully saturated rings. The first-order chi connectivity index (χ1) is 9.65. The number of aryl methyl sites for hydroxylation is 1. The molecule has 102 valence electrons. The predicted molar refractivity (Wildman–Crippen MR) is 82.0 cm³/mol. The molecule has 2 aromatic rings. The van der Waals surface area contributed by atoms with Crippen molar-refractivity contribution >= 4 is 23.1 Å². The molecular weight excluding hydrogens is 271 g/mol. The topological polar surface area (TPSA) is 35.8 Å². The van der Waals surface area contributed by atoms with Crippen molar-refractivity contribution in [1.29, 1.82) is 5.26 Å². The van der Waals surface area contributed by atoms with E-state index >= 15 is 0 Å². The number of anilines is 2. The van der Waals surface area contributed by atoms with Crippen LogP contribution in [0.5, 0.6) is 0 Å². The Hall–Kier alpha value is -1.99. The number of rotatable bonds is 4. The molecule has 2 nitrogen and oxygen atoms in total. The number of nitriles is 1. The smallest absolute Gasteiger partial charge is 0.146 e. The van der Waals surface area contributed by atoms with E-state index in [9.17, 15) is 9.65 Å². The lowest BCUT2D eigenvalue weighted by atomic mass is 10.1. The summed E-state index contributed by atoms with van der Waals surface area (Å²) in [5, 5.41) is 12.4. The summed E-state index contributed by atoms with van der Waals surface area (Å²) in [5.74, 6) is 0.560. The van der Waals surface area contributed by atoms with E-state index in [-0.39, 0.29) is 5.82 Å². The van der Waals surface area contributed by atoms with Crippen molar-refractivity contribution in [1.82, 2.24) is 0 Å². The van der Waals surface area contributed by atoms with E-state index in [1.54, 1.807) is 30.0 Å². The van der Waals surface area contributed by atoms with Crippen LogP contribution >= 0.6 is 11.8 Å². The third-order valence-corrected chi connectivity index (χ3v) is 3.77. The van der Waals surface area contributed by atoms with E-state index in [2.05, 4.69) is 11.4 Å². The summed E-state index contributed by atoms with van der Waals surface area (Å²) in [7, 11) is 0. The highest BCUT2D eigenvalue weighted by atomic mass is 32.2. The van der Waals surface area contributed by atoms with Gasteiger partial charge in [0, 0.05) is 4.90 Å². The Bertz CT molecular complexity index is 662. The minimum Gasteiger partial charge on any atom is -0.352 e. The van der Waals surface area contributed by atoms with E-state index < -0.39 is 0 Å². The molecule has 0 saturated heterocycles. The first kappa shape index (κ1) is 14.4. The summed E-state index contributed by atoms with van der Waals surface area (Å²) in [4.78, 5) is 0.910. The van der Waals surface area contributed by atoms with Crippen LogP contribution in [0.4, 0.5) is 15.8 Å². The van der Waals surface area contributed by atoms with Gasteiger partial charge in [-0.3, -0.25) is 0 Å². The molecule has 0 aromatic heterocycles. The fraction of sp³-hybridized carbons (Fsp3) is 0.188.